The minimum atomic E-state index is 0.0737. The lowest BCUT2D eigenvalue weighted by Gasteiger charge is -2.28. The fourth-order valence-electron chi connectivity index (χ4n) is 1.13. The van der Waals surface area contributed by atoms with E-state index in [-0.39, 0.29) is 6.04 Å². The summed E-state index contributed by atoms with van der Waals surface area (Å²) < 4.78 is 0. The molecule has 3 heteroatoms. The SMILES string of the molecule is CC#CCN1CCSCC1C#N. The largest absolute Gasteiger partial charge is 0.275 e. The molecular weight excluding hydrogens is 168 g/mol. The Morgan fingerprint density at radius 1 is 1.67 bits per heavy atom. The lowest BCUT2D eigenvalue weighted by atomic mass is 10.3. The smallest absolute Gasteiger partial charge is 0.108 e. The van der Waals surface area contributed by atoms with E-state index in [9.17, 15) is 0 Å². The Morgan fingerprint density at radius 2 is 2.50 bits per heavy atom. The van der Waals surface area contributed by atoms with E-state index in [4.69, 9.17) is 5.26 Å². The lowest BCUT2D eigenvalue weighted by Crippen LogP contribution is -2.41. The van der Waals surface area contributed by atoms with E-state index in [2.05, 4.69) is 22.8 Å². The predicted molar refractivity (Wildman–Crippen MR) is 51.7 cm³/mol. The number of thioether (sulfide) groups is 1. The summed E-state index contributed by atoms with van der Waals surface area (Å²) in [4.78, 5) is 2.15. The van der Waals surface area contributed by atoms with Gasteiger partial charge < -0.3 is 0 Å². The molecule has 0 aliphatic carbocycles. The molecule has 0 saturated carbocycles. The topological polar surface area (TPSA) is 27.0 Å². The van der Waals surface area contributed by atoms with Crippen LogP contribution in [0.15, 0.2) is 0 Å². The van der Waals surface area contributed by atoms with Crippen LogP contribution in [0.4, 0.5) is 0 Å². The maximum absolute atomic E-state index is 8.81. The second-order valence-electron chi connectivity index (χ2n) is 2.62. The molecule has 0 spiro atoms. The Labute approximate surface area is 77.9 Å². The number of nitrogens with zero attached hydrogens (tertiary/aromatic N) is 2. The molecule has 12 heavy (non-hydrogen) atoms. The third-order valence-electron chi connectivity index (χ3n) is 1.85. The van der Waals surface area contributed by atoms with Crippen molar-refractivity contribution >= 4 is 11.8 Å². The Balaban J connectivity index is 2.46. The molecule has 2 nitrogen and oxygen atoms in total. The lowest BCUT2D eigenvalue weighted by molar-refractivity contribution is 0.290. The highest BCUT2D eigenvalue weighted by atomic mass is 32.2. The molecule has 0 amide bonds. The van der Waals surface area contributed by atoms with Crippen LogP contribution in [-0.2, 0) is 0 Å². The maximum Gasteiger partial charge on any atom is 0.108 e. The number of nitriles is 1. The molecule has 1 rings (SSSR count). The fraction of sp³-hybridized carbons (Fsp3) is 0.667. The van der Waals surface area contributed by atoms with Crippen LogP contribution in [0.25, 0.3) is 0 Å². The highest BCUT2D eigenvalue weighted by Gasteiger charge is 2.20. The first-order valence-corrected chi connectivity index (χ1v) is 5.15. The van der Waals surface area contributed by atoms with Gasteiger partial charge >= 0.3 is 0 Å². The molecule has 1 aliphatic rings. The van der Waals surface area contributed by atoms with E-state index in [1.165, 1.54) is 0 Å². The number of hydrogen-bond acceptors (Lipinski definition) is 3. The predicted octanol–water partition coefficient (Wildman–Crippen LogP) is 0.951. The first-order valence-electron chi connectivity index (χ1n) is 3.99. The summed E-state index contributed by atoms with van der Waals surface area (Å²) in [7, 11) is 0. The van der Waals surface area contributed by atoms with Gasteiger partial charge in [-0.25, -0.2) is 0 Å². The van der Waals surface area contributed by atoms with Crippen molar-refractivity contribution in [3.8, 4) is 17.9 Å². The van der Waals surface area contributed by atoms with Crippen LogP contribution in [0.3, 0.4) is 0 Å². The van der Waals surface area contributed by atoms with Crippen molar-refractivity contribution in [1.82, 2.24) is 4.90 Å². The van der Waals surface area contributed by atoms with Crippen molar-refractivity contribution < 1.29 is 0 Å². The van der Waals surface area contributed by atoms with Gasteiger partial charge in [-0.05, 0) is 6.92 Å². The molecule has 0 aromatic carbocycles. The van der Waals surface area contributed by atoms with E-state index in [0.29, 0.717) is 0 Å². The molecule has 1 unspecified atom stereocenters. The Kier molecular flexibility index (Phi) is 4.00. The first kappa shape index (κ1) is 9.45. The van der Waals surface area contributed by atoms with Crippen LogP contribution in [0.5, 0.6) is 0 Å². The van der Waals surface area contributed by atoms with Gasteiger partial charge in [0, 0.05) is 18.1 Å². The molecule has 0 bridgehead atoms. The zero-order chi connectivity index (χ0) is 8.81. The Bertz CT molecular complexity index is 233. The summed E-state index contributed by atoms with van der Waals surface area (Å²) in [6.07, 6.45) is 0. The molecular formula is C9H12N2S. The average Bonchev–Trinajstić information content (AvgIpc) is 2.15. The summed E-state index contributed by atoms with van der Waals surface area (Å²) in [6, 6.07) is 2.37. The number of rotatable bonds is 1. The standard InChI is InChI=1S/C9H12N2S/c1-2-3-4-11-5-6-12-8-9(11)7-10/h9H,4-6,8H2,1H3. The van der Waals surface area contributed by atoms with Crippen molar-refractivity contribution in [2.24, 2.45) is 0 Å². The first-order chi connectivity index (χ1) is 5.88. The summed E-state index contributed by atoms with van der Waals surface area (Å²) in [5, 5.41) is 8.81. The van der Waals surface area contributed by atoms with E-state index in [0.717, 1.165) is 24.6 Å². The van der Waals surface area contributed by atoms with Crippen molar-refractivity contribution in [3.05, 3.63) is 0 Å². The highest BCUT2D eigenvalue weighted by Crippen LogP contribution is 2.14. The monoisotopic (exact) mass is 180 g/mol. The van der Waals surface area contributed by atoms with Gasteiger partial charge in [0.15, 0.2) is 0 Å². The molecule has 0 aromatic rings. The van der Waals surface area contributed by atoms with E-state index >= 15 is 0 Å². The van der Waals surface area contributed by atoms with Gasteiger partial charge in [0.1, 0.15) is 6.04 Å². The van der Waals surface area contributed by atoms with Crippen LogP contribution < -0.4 is 0 Å². The van der Waals surface area contributed by atoms with Crippen LogP contribution in [0.2, 0.25) is 0 Å². The highest BCUT2D eigenvalue weighted by molar-refractivity contribution is 7.99. The summed E-state index contributed by atoms with van der Waals surface area (Å²) in [6.45, 7) is 3.58. The zero-order valence-corrected chi connectivity index (χ0v) is 8.02. The van der Waals surface area contributed by atoms with Gasteiger partial charge in [-0.2, -0.15) is 17.0 Å². The Morgan fingerprint density at radius 3 is 3.17 bits per heavy atom. The van der Waals surface area contributed by atoms with Crippen molar-refractivity contribution in [3.63, 3.8) is 0 Å². The van der Waals surface area contributed by atoms with Gasteiger partial charge in [0.25, 0.3) is 0 Å². The normalized spacial score (nSPS) is 23.8. The van der Waals surface area contributed by atoms with Gasteiger partial charge in [0.2, 0.25) is 0 Å². The van der Waals surface area contributed by atoms with E-state index in [1.54, 1.807) is 0 Å². The van der Waals surface area contributed by atoms with Gasteiger partial charge in [-0.1, -0.05) is 5.92 Å². The summed E-state index contributed by atoms with van der Waals surface area (Å²) >= 11 is 1.85. The third kappa shape index (κ3) is 2.44. The Hall–Kier alpha value is -0.640. The fourth-order valence-corrected chi connectivity index (χ4v) is 2.17. The van der Waals surface area contributed by atoms with E-state index < -0.39 is 0 Å². The van der Waals surface area contributed by atoms with Crippen LogP contribution >= 0.6 is 11.8 Å². The number of hydrogen-bond donors (Lipinski definition) is 0. The molecule has 64 valence electrons. The second-order valence-corrected chi connectivity index (χ2v) is 3.77. The van der Waals surface area contributed by atoms with Gasteiger partial charge in [-0.3, -0.25) is 4.90 Å². The van der Waals surface area contributed by atoms with Crippen molar-refractivity contribution in [2.75, 3.05) is 24.6 Å². The third-order valence-corrected chi connectivity index (χ3v) is 2.87. The van der Waals surface area contributed by atoms with Crippen LogP contribution in [-0.4, -0.2) is 35.5 Å². The average molecular weight is 180 g/mol. The van der Waals surface area contributed by atoms with Crippen LogP contribution in [0.1, 0.15) is 6.92 Å². The van der Waals surface area contributed by atoms with Crippen LogP contribution in [0, 0.1) is 23.2 Å². The molecule has 0 radical (unpaired) electrons. The molecule has 1 atom stereocenters. The molecule has 1 fully saturated rings. The molecule has 0 aromatic heterocycles. The minimum absolute atomic E-state index is 0.0737. The van der Waals surface area contributed by atoms with E-state index in [1.807, 2.05) is 18.7 Å². The summed E-state index contributed by atoms with van der Waals surface area (Å²) in [5.74, 6) is 7.91. The maximum atomic E-state index is 8.81. The van der Waals surface area contributed by atoms with Crippen molar-refractivity contribution in [1.29, 1.82) is 5.26 Å². The zero-order valence-electron chi connectivity index (χ0n) is 7.21. The van der Waals surface area contributed by atoms with Gasteiger partial charge in [0.05, 0.1) is 12.6 Å². The molecule has 1 aliphatic heterocycles. The quantitative estimate of drug-likeness (QED) is 0.562. The minimum Gasteiger partial charge on any atom is -0.275 e. The molecule has 0 N–H and O–H groups in total. The second kappa shape index (κ2) is 5.09. The molecule has 1 saturated heterocycles. The van der Waals surface area contributed by atoms with Crippen molar-refractivity contribution in [2.45, 2.75) is 13.0 Å². The van der Waals surface area contributed by atoms with Gasteiger partial charge in [-0.15, -0.1) is 5.92 Å². The summed E-state index contributed by atoms with van der Waals surface area (Å²) in [5.41, 5.74) is 0. The molecule has 1 heterocycles.